The van der Waals surface area contributed by atoms with Crippen LogP contribution in [-0.2, 0) is 4.79 Å². The zero-order valence-corrected chi connectivity index (χ0v) is 9.57. The normalized spacial score (nSPS) is 20.4. The predicted octanol–water partition coefficient (Wildman–Crippen LogP) is 2.87. The van der Waals surface area contributed by atoms with Crippen LogP contribution in [0.2, 0.25) is 0 Å². The van der Waals surface area contributed by atoms with Crippen LogP contribution in [0.15, 0.2) is 0 Å². The molecule has 0 aliphatic heterocycles. The molecule has 82 valence electrons. The van der Waals surface area contributed by atoms with Gasteiger partial charge in [0.15, 0.2) is 0 Å². The molecule has 0 heterocycles. The molecule has 0 aromatic carbocycles. The van der Waals surface area contributed by atoms with Gasteiger partial charge in [-0.05, 0) is 19.3 Å². The highest BCUT2D eigenvalue weighted by Gasteiger charge is 2.33. The van der Waals surface area contributed by atoms with E-state index >= 15 is 0 Å². The summed E-state index contributed by atoms with van der Waals surface area (Å²) in [5, 5.41) is 3.05. The van der Waals surface area contributed by atoms with Crippen molar-refractivity contribution in [1.82, 2.24) is 5.32 Å². The van der Waals surface area contributed by atoms with Crippen molar-refractivity contribution in [2.75, 3.05) is 6.54 Å². The Balaban J connectivity index is 2.33. The van der Waals surface area contributed by atoms with Crippen LogP contribution in [0.5, 0.6) is 0 Å². The highest BCUT2D eigenvalue weighted by molar-refractivity contribution is 5.82. The molecular weight excluding hydrogens is 174 g/mol. The van der Waals surface area contributed by atoms with Gasteiger partial charge in [0.05, 0.1) is 0 Å². The summed E-state index contributed by atoms with van der Waals surface area (Å²) in [7, 11) is 0. The Morgan fingerprint density at radius 3 is 2.50 bits per heavy atom. The molecule has 1 fully saturated rings. The van der Waals surface area contributed by atoms with Gasteiger partial charge in [0.25, 0.3) is 0 Å². The molecule has 1 saturated carbocycles. The molecular formula is C12H23NO. The number of hydrogen-bond acceptors (Lipinski definition) is 1. The average Bonchev–Trinajstić information content (AvgIpc) is 2.19. The third-order valence-corrected chi connectivity index (χ3v) is 3.32. The predicted molar refractivity (Wildman–Crippen MR) is 59.1 cm³/mol. The molecule has 0 bridgehead atoms. The smallest absolute Gasteiger partial charge is 0.225 e. The van der Waals surface area contributed by atoms with Gasteiger partial charge < -0.3 is 5.32 Å². The minimum atomic E-state index is -0.0635. The Morgan fingerprint density at radius 2 is 1.93 bits per heavy atom. The van der Waals surface area contributed by atoms with Crippen LogP contribution in [-0.4, -0.2) is 12.5 Å². The van der Waals surface area contributed by atoms with Crippen LogP contribution >= 0.6 is 0 Å². The summed E-state index contributed by atoms with van der Waals surface area (Å²) in [6.45, 7) is 5.12. The number of rotatable bonds is 4. The van der Waals surface area contributed by atoms with E-state index in [1.54, 1.807) is 0 Å². The summed E-state index contributed by atoms with van der Waals surface area (Å²) in [4.78, 5) is 11.9. The van der Waals surface area contributed by atoms with E-state index < -0.39 is 0 Å². The second-order valence-electron chi connectivity index (χ2n) is 4.73. The van der Waals surface area contributed by atoms with Gasteiger partial charge in [-0.25, -0.2) is 0 Å². The second kappa shape index (κ2) is 5.38. The lowest BCUT2D eigenvalue weighted by atomic mass is 9.75. The van der Waals surface area contributed by atoms with Crippen molar-refractivity contribution in [3.63, 3.8) is 0 Å². The van der Waals surface area contributed by atoms with Crippen molar-refractivity contribution < 1.29 is 4.79 Å². The fraction of sp³-hybridized carbons (Fsp3) is 0.917. The summed E-state index contributed by atoms with van der Waals surface area (Å²) < 4.78 is 0. The molecule has 0 radical (unpaired) electrons. The van der Waals surface area contributed by atoms with Crippen LogP contribution in [0.4, 0.5) is 0 Å². The zero-order valence-electron chi connectivity index (χ0n) is 9.57. The van der Waals surface area contributed by atoms with Gasteiger partial charge in [0.1, 0.15) is 0 Å². The molecule has 0 spiro atoms. The summed E-state index contributed by atoms with van der Waals surface area (Å²) >= 11 is 0. The second-order valence-corrected chi connectivity index (χ2v) is 4.73. The van der Waals surface area contributed by atoms with Crippen LogP contribution in [0.3, 0.4) is 0 Å². The first-order valence-electron chi connectivity index (χ1n) is 5.97. The number of nitrogens with one attached hydrogen (secondary N) is 1. The van der Waals surface area contributed by atoms with Crippen molar-refractivity contribution in [1.29, 1.82) is 0 Å². The fourth-order valence-electron chi connectivity index (χ4n) is 2.15. The topological polar surface area (TPSA) is 29.1 Å². The zero-order chi connectivity index (χ0) is 10.4. The van der Waals surface area contributed by atoms with Gasteiger partial charge in [-0.2, -0.15) is 0 Å². The summed E-state index contributed by atoms with van der Waals surface area (Å²) in [6, 6.07) is 0. The maximum Gasteiger partial charge on any atom is 0.225 e. The first-order valence-corrected chi connectivity index (χ1v) is 5.97. The lowest BCUT2D eigenvalue weighted by Gasteiger charge is -2.32. The maximum absolute atomic E-state index is 11.9. The monoisotopic (exact) mass is 197 g/mol. The average molecular weight is 197 g/mol. The van der Waals surface area contributed by atoms with Gasteiger partial charge in [-0.3, -0.25) is 4.79 Å². The van der Waals surface area contributed by atoms with Gasteiger partial charge >= 0.3 is 0 Å². The Bertz CT molecular complexity index is 183. The Hall–Kier alpha value is -0.530. The number of amides is 1. The molecule has 0 aromatic heterocycles. The van der Waals surface area contributed by atoms with Crippen LogP contribution < -0.4 is 5.32 Å². The first kappa shape index (κ1) is 11.5. The van der Waals surface area contributed by atoms with Gasteiger partial charge in [0, 0.05) is 12.0 Å². The molecule has 1 N–H and O–H groups in total. The fourth-order valence-corrected chi connectivity index (χ4v) is 2.15. The standard InChI is InChI=1S/C12H23NO/c1-3-4-10-13-11(14)12(2)8-6-5-7-9-12/h3-10H2,1-2H3,(H,13,14). The molecule has 0 unspecified atom stereocenters. The van der Waals surface area contributed by atoms with E-state index in [1.165, 1.54) is 19.3 Å². The first-order chi connectivity index (χ1) is 6.69. The van der Waals surface area contributed by atoms with E-state index in [0.29, 0.717) is 0 Å². The SMILES string of the molecule is CCCCNC(=O)C1(C)CCCCC1. The number of hydrogen-bond donors (Lipinski definition) is 1. The molecule has 1 rings (SSSR count). The highest BCUT2D eigenvalue weighted by atomic mass is 16.2. The largest absolute Gasteiger partial charge is 0.356 e. The molecule has 0 atom stereocenters. The summed E-state index contributed by atoms with van der Waals surface area (Å²) in [5.74, 6) is 0.283. The summed E-state index contributed by atoms with van der Waals surface area (Å²) in [6.07, 6.45) is 8.14. The minimum Gasteiger partial charge on any atom is -0.356 e. The van der Waals surface area contributed by atoms with E-state index in [4.69, 9.17) is 0 Å². The molecule has 2 nitrogen and oxygen atoms in total. The van der Waals surface area contributed by atoms with Crippen molar-refractivity contribution in [3.05, 3.63) is 0 Å². The van der Waals surface area contributed by atoms with Crippen LogP contribution in [0.1, 0.15) is 58.8 Å². The van der Waals surface area contributed by atoms with E-state index in [0.717, 1.165) is 32.2 Å². The third kappa shape index (κ3) is 3.00. The molecule has 14 heavy (non-hydrogen) atoms. The van der Waals surface area contributed by atoms with E-state index in [2.05, 4.69) is 19.2 Å². The van der Waals surface area contributed by atoms with Crippen molar-refractivity contribution in [3.8, 4) is 0 Å². The lowest BCUT2D eigenvalue weighted by Crippen LogP contribution is -2.40. The number of carbonyl (C=O) groups is 1. The number of unbranched alkanes of at least 4 members (excludes halogenated alkanes) is 1. The molecule has 1 aliphatic rings. The third-order valence-electron chi connectivity index (χ3n) is 3.32. The minimum absolute atomic E-state index is 0.0635. The van der Waals surface area contributed by atoms with Crippen molar-refractivity contribution in [2.45, 2.75) is 58.8 Å². The Labute approximate surface area is 87.5 Å². The molecule has 0 aromatic rings. The van der Waals surface area contributed by atoms with Gasteiger partial charge in [-0.1, -0.05) is 39.5 Å². The molecule has 2 heteroatoms. The van der Waals surface area contributed by atoms with E-state index in [1.807, 2.05) is 0 Å². The Kier molecular flexibility index (Phi) is 4.43. The van der Waals surface area contributed by atoms with Crippen molar-refractivity contribution in [2.24, 2.45) is 5.41 Å². The van der Waals surface area contributed by atoms with Crippen molar-refractivity contribution >= 4 is 5.91 Å². The van der Waals surface area contributed by atoms with Gasteiger partial charge in [0.2, 0.25) is 5.91 Å². The van der Waals surface area contributed by atoms with Crippen LogP contribution in [0, 0.1) is 5.41 Å². The quantitative estimate of drug-likeness (QED) is 0.690. The number of carbonyl (C=O) groups excluding carboxylic acids is 1. The molecule has 1 aliphatic carbocycles. The van der Waals surface area contributed by atoms with E-state index in [9.17, 15) is 4.79 Å². The highest BCUT2D eigenvalue weighted by Crippen LogP contribution is 2.35. The summed E-state index contributed by atoms with van der Waals surface area (Å²) in [5.41, 5.74) is -0.0635. The maximum atomic E-state index is 11.9. The van der Waals surface area contributed by atoms with E-state index in [-0.39, 0.29) is 11.3 Å². The van der Waals surface area contributed by atoms with Crippen LogP contribution in [0.25, 0.3) is 0 Å². The van der Waals surface area contributed by atoms with Gasteiger partial charge in [-0.15, -0.1) is 0 Å². The molecule has 0 saturated heterocycles. The Morgan fingerprint density at radius 1 is 1.29 bits per heavy atom. The lowest BCUT2D eigenvalue weighted by molar-refractivity contribution is -0.131. The molecule has 1 amide bonds.